The van der Waals surface area contributed by atoms with Crippen LogP contribution in [-0.2, 0) is 23.8 Å². The van der Waals surface area contributed by atoms with Crippen molar-refractivity contribution in [2.24, 2.45) is 0 Å². The average molecular weight is 457 g/mol. The highest BCUT2D eigenvalue weighted by atomic mass is 16.6. The van der Waals surface area contributed by atoms with Crippen molar-refractivity contribution in [3.63, 3.8) is 0 Å². The highest BCUT2D eigenvalue weighted by Gasteiger charge is 2.38. The van der Waals surface area contributed by atoms with Crippen LogP contribution >= 0.6 is 0 Å². The molecule has 1 aromatic rings. The van der Waals surface area contributed by atoms with E-state index in [2.05, 4.69) is 0 Å². The van der Waals surface area contributed by atoms with Crippen molar-refractivity contribution in [3.8, 4) is 11.5 Å². The molecule has 0 unspecified atom stereocenters. The molecule has 0 saturated heterocycles. The summed E-state index contributed by atoms with van der Waals surface area (Å²) in [5, 5.41) is 0. The van der Waals surface area contributed by atoms with Crippen molar-refractivity contribution in [2.75, 3.05) is 20.8 Å². The summed E-state index contributed by atoms with van der Waals surface area (Å²) < 4.78 is 27.4. The molecule has 33 heavy (non-hydrogen) atoms. The van der Waals surface area contributed by atoms with Crippen molar-refractivity contribution in [3.05, 3.63) is 65.0 Å². The lowest BCUT2D eigenvalue weighted by Gasteiger charge is -2.31. The van der Waals surface area contributed by atoms with E-state index in [9.17, 15) is 9.59 Å². The number of hydrogen-bond acceptors (Lipinski definition) is 7. The number of allylic oxidation sites excluding steroid dienone is 3. The summed E-state index contributed by atoms with van der Waals surface area (Å²) in [6.45, 7) is 9.35. The van der Waals surface area contributed by atoms with E-state index in [1.807, 2.05) is 58.0 Å². The number of esters is 2. The minimum absolute atomic E-state index is 0.182. The van der Waals surface area contributed by atoms with E-state index in [1.165, 1.54) is 26.6 Å². The molecule has 7 nitrogen and oxygen atoms in total. The van der Waals surface area contributed by atoms with Gasteiger partial charge in [-0.2, -0.15) is 0 Å². The molecule has 1 aliphatic heterocycles. The fourth-order valence-electron chi connectivity index (χ4n) is 3.05. The van der Waals surface area contributed by atoms with E-state index in [1.54, 1.807) is 13.0 Å². The minimum Gasteiger partial charge on any atom is -0.503 e. The quantitative estimate of drug-likeness (QED) is 0.253. The summed E-state index contributed by atoms with van der Waals surface area (Å²) in [6.07, 6.45) is 7.69. The summed E-state index contributed by atoms with van der Waals surface area (Å²) in [7, 11) is 2.79. The number of benzene rings is 1. The fourth-order valence-corrected chi connectivity index (χ4v) is 3.05. The van der Waals surface area contributed by atoms with Gasteiger partial charge in [-0.05, 0) is 57.9 Å². The molecule has 0 saturated carbocycles. The molecule has 1 aliphatic rings. The molecule has 0 aromatic heterocycles. The van der Waals surface area contributed by atoms with Crippen LogP contribution in [0.3, 0.4) is 0 Å². The van der Waals surface area contributed by atoms with Crippen LogP contribution in [0.25, 0.3) is 6.08 Å². The van der Waals surface area contributed by atoms with E-state index in [0.717, 1.165) is 11.1 Å². The van der Waals surface area contributed by atoms with E-state index >= 15 is 0 Å². The smallest absolute Gasteiger partial charge is 0.341 e. The second-order valence-electron chi connectivity index (χ2n) is 8.34. The van der Waals surface area contributed by atoms with Crippen LogP contribution in [0.5, 0.6) is 11.5 Å². The Hall–Kier alpha value is -3.48. The van der Waals surface area contributed by atoms with Crippen molar-refractivity contribution in [1.29, 1.82) is 0 Å². The Kier molecular flexibility index (Phi) is 8.91. The molecule has 0 bridgehead atoms. The topological polar surface area (TPSA) is 80.3 Å². The third-order valence-electron chi connectivity index (χ3n) is 4.87. The first-order valence-corrected chi connectivity index (χ1v) is 10.6. The van der Waals surface area contributed by atoms with Crippen LogP contribution in [0.2, 0.25) is 0 Å². The Morgan fingerprint density at radius 3 is 2.48 bits per heavy atom. The lowest BCUT2D eigenvalue weighted by Crippen LogP contribution is -2.46. The summed E-state index contributed by atoms with van der Waals surface area (Å²) in [4.78, 5) is 24.0. The monoisotopic (exact) mass is 456 g/mol. The molecule has 0 N–H and O–H groups in total. The van der Waals surface area contributed by atoms with Crippen LogP contribution in [0.4, 0.5) is 0 Å². The number of methoxy groups -OCH3 is 2. The summed E-state index contributed by atoms with van der Waals surface area (Å²) in [5.41, 5.74) is 1.95. The van der Waals surface area contributed by atoms with Gasteiger partial charge in [0, 0.05) is 6.08 Å². The first kappa shape index (κ1) is 25.8. The molecule has 1 atom stereocenters. The van der Waals surface area contributed by atoms with Gasteiger partial charge in [-0.3, -0.25) is 0 Å². The van der Waals surface area contributed by atoms with Crippen LogP contribution in [0, 0.1) is 0 Å². The highest BCUT2D eigenvalue weighted by Crippen LogP contribution is 2.36. The Balaban J connectivity index is 2.20. The van der Waals surface area contributed by atoms with Crippen LogP contribution in [0.15, 0.2) is 59.4 Å². The number of carbonyl (C=O) groups is 2. The third-order valence-corrected chi connectivity index (χ3v) is 4.87. The van der Waals surface area contributed by atoms with E-state index in [-0.39, 0.29) is 6.61 Å². The maximum Gasteiger partial charge on any atom is 0.341 e. The van der Waals surface area contributed by atoms with Gasteiger partial charge >= 0.3 is 11.9 Å². The number of fused-ring (bicyclic) bond motifs is 1. The molecule has 0 radical (unpaired) electrons. The van der Waals surface area contributed by atoms with Gasteiger partial charge in [0.1, 0.15) is 12.2 Å². The Bertz CT molecular complexity index is 992. The molecule has 178 valence electrons. The van der Waals surface area contributed by atoms with Crippen molar-refractivity contribution >= 4 is 18.0 Å². The normalized spacial score (nSPS) is 17.7. The molecular weight excluding hydrogens is 424 g/mol. The van der Waals surface area contributed by atoms with E-state index < -0.39 is 23.6 Å². The lowest BCUT2D eigenvalue weighted by molar-refractivity contribution is -0.155. The number of ether oxygens (including phenoxy) is 5. The zero-order chi connectivity index (χ0) is 24.6. The SMILES string of the molecule is COC=C(C(=O)OC)C(C)=CC=Cc1ccc2c(c1)OC(C)(C)[C@H](OC(=O)C=C(C)C)CO2. The van der Waals surface area contributed by atoms with Gasteiger partial charge in [-0.1, -0.05) is 29.9 Å². The molecule has 1 heterocycles. The molecule has 0 spiro atoms. The second kappa shape index (κ2) is 11.4. The largest absolute Gasteiger partial charge is 0.503 e. The second-order valence-corrected chi connectivity index (χ2v) is 8.34. The van der Waals surface area contributed by atoms with Crippen LogP contribution in [0.1, 0.15) is 40.2 Å². The lowest BCUT2D eigenvalue weighted by atomic mass is 10.0. The number of hydrogen-bond donors (Lipinski definition) is 0. The van der Waals surface area contributed by atoms with Gasteiger partial charge < -0.3 is 23.7 Å². The Morgan fingerprint density at radius 2 is 1.85 bits per heavy atom. The summed E-state index contributed by atoms with van der Waals surface area (Å²) in [5.74, 6) is 0.226. The van der Waals surface area contributed by atoms with Crippen LogP contribution < -0.4 is 9.47 Å². The number of rotatable bonds is 7. The molecule has 7 heteroatoms. The number of carbonyl (C=O) groups excluding carboxylic acids is 2. The first-order valence-electron chi connectivity index (χ1n) is 10.6. The van der Waals surface area contributed by atoms with E-state index in [0.29, 0.717) is 22.6 Å². The molecule has 2 rings (SSSR count). The Morgan fingerprint density at radius 1 is 1.12 bits per heavy atom. The fraction of sp³-hybridized carbons (Fsp3) is 0.385. The van der Waals surface area contributed by atoms with Gasteiger partial charge in [0.2, 0.25) is 0 Å². The maximum absolute atomic E-state index is 12.1. The minimum atomic E-state index is -0.796. The first-order chi connectivity index (χ1) is 15.6. The maximum atomic E-state index is 12.1. The van der Waals surface area contributed by atoms with Gasteiger partial charge in [0.15, 0.2) is 17.6 Å². The molecule has 0 amide bonds. The van der Waals surface area contributed by atoms with Crippen LogP contribution in [-0.4, -0.2) is 44.5 Å². The third kappa shape index (κ3) is 7.27. The summed E-state index contributed by atoms with van der Waals surface area (Å²) >= 11 is 0. The van der Waals surface area contributed by atoms with Crippen molar-refractivity contribution in [1.82, 2.24) is 0 Å². The highest BCUT2D eigenvalue weighted by molar-refractivity contribution is 5.93. The van der Waals surface area contributed by atoms with Gasteiger partial charge in [0.05, 0.1) is 26.1 Å². The molecule has 0 aliphatic carbocycles. The molecule has 1 aromatic carbocycles. The zero-order valence-corrected chi connectivity index (χ0v) is 20.3. The molecular formula is C26H32O7. The predicted molar refractivity (Wildman–Crippen MR) is 126 cm³/mol. The Labute approximate surface area is 195 Å². The van der Waals surface area contributed by atoms with Crippen molar-refractivity contribution < 1.29 is 33.3 Å². The predicted octanol–water partition coefficient (Wildman–Crippen LogP) is 4.78. The van der Waals surface area contributed by atoms with E-state index in [4.69, 9.17) is 23.7 Å². The van der Waals surface area contributed by atoms with Gasteiger partial charge in [-0.15, -0.1) is 0 Å². The van der Waals surface area contributed by atoms with Gasteiger partial charge in [-0.25, -0.2) is 9.59 Å². The summed E-state index contributed by atoms with van der Waals surface area (Å²) in [6, 6.07) is 5.55. The molecule has 0 fully saturated rings. The van der Waals surface area contributed by atoms with Gasteiger partial charge in [0.25, 0.3) is 0 Å². The van der Waals surface area contributed by atoms with Crippen molar-refractivity contribution in [2.45, 2.75) is 46.3 Å². The standard InChI is InChI=1S/C26H32O7/c1-17(2)13-24(27)32-23-16-31-21-12-11-19(14-22(21)33-26(23,4)5)10-8-9-18(3)20(15-29-6)25(28)30-7/h8-15,23H,16H2,1-7H3/t23-/m1/s1. The average Bonchev–Trinajstić information content (AvgIpc) is 2.86. The zero-order valence-electron chi connectivity index (χ0n) is 20.3.